The molecule has 2 heterocycles. The summed E-state index contributed by atoms with van der Waals surface area (Å²) in [6.07, 6.45) is 16.6. The predicted molar refractivity (Wildman–Crippen MR) is 157 cm³/mol. The molecular weight excluding hydrogens is 563 g/mol. The van der Waals surface area contributed by atoms with Crippen molar-refractivity contribution in [1.82, 2.24) is 10.1 Å². The first kappa shape index (κ1) is 28.3. The van der Waals surface area contributed by atoms with Crippen LogP contribution in [0.4, 0.5) is 0 Å². The summed E-state index contributed by atoms with van der Waals surface area (Å²) in [6, 6.07) is 6.00. The number of aliphatic carboxylic acids is 1. The van der Waals surface area contributed by atoms with E-state index in [4.69, 9.17) is 42.3 Å². The molecule has 0 saturated heterocycles. The standard InChI is InChI=1S/C32H34Cl2N2O5/c1-39-26-6-2-20(16-22(26)5-7-27(37)38)8-9-31-10-13-32(14-11-31,15-12-31)40-19-23-29(36-41-30(23)21-3-4-21)28-24(33)17-35-18-25(28)34/h2,6,8-9,16-18,21H,3-5,7,10-15,19H2,1H3,(H,37,38). The van der Waals surface area contributed by atoms with Gasteiger partial charge in [-0.15, -0.1) is 0 Å². The lowest BCUT2D eigenvalue weighted by Crippen LogP contribution is -2.46. The van der Waals surface area contributed by atoms with Crippen molar-refractivity contribution in [3.63, 3.8) is 0 Å². The first-order chi connectivity index (χ1) is 19.8. The zero-order valence-electron chi connectivity index (χ0n) is 23.1. The first-order valence-electron chi connectivity index (χ1n) is 14.3. The third-order valence-electron chi connectivity index (χ3n) is 9.16. The van der Waals surface area contributed by atoms with Crippen LogP contribution in [0.15, 0.2) is 41.2 Å². The molecule has 0 aliphatic heterocycles. The van der Waals surface area contributed by atoms with Crippen molar-refractivity contribution < 1.29 is 23.9 Å². The lowest BCUT2D eigenvalue weighted by atomic mass is 9.58. The highest BCUT2D eigenvalue weighted by molar-refractivity contribution is 6.38. The Morgan fingerprint density at radius 1 is 1.12 bits per heavy atom. The van der Waals surface area contributed by atoms with E-state index in [0.29, 0.717) is 40.2 Å². The summed E-state index contributed by atoms with van der Waals surface area (Å²) < 4.78 is 18.0. The minimum atomic E-state index is -0.809. The number of halogens is 2. The largest absolute Gasteiger partial charge is 0.496 e. The van der Waals surface area contributed by atoms with Crippen LogP contribution in [0, 0.1) is 5.41 Å². The zero-order valence-corrected chi connectivity index (χ0v) is 24.6. The fourth-order valence-electron chi connectivity index (χ4n) is 6.45. The molecule has 0 atom stereocenters. The fraction of sp³-hybridized carbons (Fsp3) is 0.469. The van der Waals surface area contributed by atoms with Gasteiger partial charge in [0.05, 0.1) is 29.4 Å². The van der Waals surface area contributed by atoms with E-state index in [0.717, 1.165) is 79.6 Å². The van der Waals surface area contributed by atoms with Gasteiger partial charge in [0, 0.05) is 35.9 Å². The van der Waals surface area contributed by atoms with Gasteiger partial charge in [-0.2, -0.15) is 0 Å². The summed E-state index contributed by atoms with van der Waals surface area (Å²) in [5.74, 6) is 1.19. The van der Waals surface area contributed by atoms with Crippen molar-refractivity contribution in [2.24, 2.45) is 5.41 Å². The van der Waals surface area contributed by atoms with Crippen LogP contribution in [-0.2, 0) is 22.6 Å². The smallest absolute Gasteiger partial charge is 0.303 e. The number of fused-ring (bicyclic) bond motifs is 3. The van der Waals surface area contributed by atoms with Gasteiger partial charge in [-0.1, -0.05) is 46.6 Å². The summed E-state index contributed by atoms with van der Waals surface area (Å²) in [7, 11) is 1.62. The van der Waals surface area contributed by atoms with Gasteiger partial charge in [-0.05, 0) is 86.5 Å². The molecule has 7 nitrogen and oxygen atoms in total. The van der Waals surface area contributed by atoms with Crippen LogP contribution in [0.2, 0.25) is 10.0 Å². The number of carboxylic acids is 1. The Bertz CT molecular complexity index is 1430. The van der Waals surface area contributed by atoms with Gasteiger partial charge in [0.2, 0.25) is 0 Å². The van der Waals surface area contributed by atoms with Crippen molar-refractivity contribution in [2.75, 3.05) is 7.11 Å². The lowest BCUT2D eigenvalue weighted by molar-refractivity contribution is -0.137. The van der Waals surface area contributed by atoms with Crippen LogP contribution in [0.5, 0.6) is 5.75 Å². The Morgan fingerprint density at radius 3 is 2.46 bits per heavy atom. The number of methoxy groups -OCH3 is 1. The fourth-order valence-corrected chi connectivity index (χ4v) is 6.99. The Hall–Kier alpha value is -2.87. The van der Waals surface area contributed by atoms with E-state index in [9.17, 15) is 4.79 Å². The van der Waals surface area contributed by atoms with Crippen LogP contribution in [-0.4, -0.2) is 33.9 Å². The van der Waals surface area contributed by atoms with Crippen LogP contribution >= 0.6 is 23.2 Å². The number of hydrogen-bond acceptors (Lipinski definition) is 6. The molecule has 41 heavy (non-hydrogen) atoms. The SMILES string of the molecule is COc1ccc(C=CC23CCC(OCc4c(-c5c(Cl)cncc5Cl)noc4C4CC4)(CC2)CC3)cc1CCC(=O)O. The van der Waals surface area contributed by atoms with Crippen molar-refractivity contribution in [2.45, 2.75) is 82.3 Å². The van der Waals surface area contributed by atoms with Crippen LogP contribution in [0.1, 0.15) is 86.2 Å². The van der Waals surface area contributed by atoms with E-state index in [2.05, 4.69) is 22.3 Å². The van der Waals surface area contributed by atoms with Crippen LogP contribution in [0.3, 0.4) is 0 Å². The van der Waals surface area contributed by atoms with Crippen molar-refractivity contribution in [3.8, 4) is 17.0 Å². The summed E-state index contributed by atoms with van der Waals surface area (Å²) >= 11 is 13.0. The summed E-state index contributed by atoms with van der Waals surface area (Å²) in [6.45, 7) is 0.424. The Balaban J connectivity index is 1.14. The number of carboxylic acid groups (broad SMARTS) is 1. The monoisotopic (exact) mass is 596 g/mol. The van der Waals surface area contributed by atoms with Gasteiger partial charge in [0.25, 0.3) is 0 Å². The molecule has 4 fully saturated rings. The molecule has 0 amide bonds. The number of allylic oxidation sites excluding steroid dienone is 1. The highest BCUT2D eigenvalue weighted by atomic mass is 35.5. The molecule has 0 spiro atoms. The van der Waals surface area contributed by atoms with Crippen LogP contribution in [0.25, 0.3) is 17.3 Å². The molecule has 4 aliphatic rings. The number of aromatic nitrogens is 2. The molecular formula is C32H34Cl2N2O5. The number of nitrogens with zero attached hydrogens (tertiary/aromatic N) is 2. The number of carbonyl (C=O) groups is 1. The first-order valence-corrected chi connectivity index (χ1v) is 15.1. The van der Waals surface area contributed by atoms with Gasteiger partial charge in [0.1, 0.15) is 17.2 Å². The van der Waals surface area contributed by atoms with Crippen molar-refractivity contribution >= 4 is 35.2 Å². The second kappa shape index (κ2) is 11.4. The van der Waals surface area contributed by atoms with Crippen molar-refractivity contribution in [1.29, 1.82) is 0 Å². The molecule has 3 aromatic rings. The zero-order chi connectivity index (χ0) is 28.6. The topological polar surface area (TPSA) is 94.7 Å². The van der Waals surface area contributed by atoms with E-state index in [1.807, 2.05) is 18.2 Å². The molecule has 0 radical (unpaired) electrons. The van der Waals surface area contributed by atoms with E-state index in [-0.39, 0.29) is 17.4 Å². The molecule has 0 unspecified atom stereocenters. The molecule has 4 aliphatic carbocycles. The van der Waals surface area contributed by atoms with E-state index < -0.39 is 5.97 Å². The van der Waals surface area contributed by atoms with E-state index in [1.165, 1.54) is 0 Å². The average Bonchev–Trinajstić information content (AvgIpc) is 3.75. The summed E-state index contributed by atoms with van der Waals surface area (Å²) in [4.78, 5) is 15.2. The van der Waals surface area contributed by atoms with Gasteiger partial charge in [-0.25, -0.2) is 0 Å². The molecule has 7 rings (SSSR count). The van der Waals surface area contributed by atoms with Gasteiger partial charge >= 0.3 is 5.97 Å². The van der Waals surface area contributed by atoms with Crippen LogP contribution < -0.4 is 4.74 Å². The van der Waals surface area contributed by atoms with Gasteiger partial charge in [0.15, 0.2) is 0 Å². The molecule has 2 bridgehead atoms. The molecule has 4 saturated carbocycles. The van der Waals surface area contributed by atoms with Gasteiger partial charge in [-0.3, -0.25) is 9.78 Å². The normalized spacial score (nSPS) is 23.8. The molecule has 2 aromatic heterocycles. The molecule has 1 N–H and O–H groups in total. The third-order valence-corrected chi connectivity index (χ3v) is 9.73. The highest BCUT2D eigenvalue weighted by Gasteiger charge is 2.48. The Labute approximate surface area is 249 Å². The van der Waals surface area contributed by atoms with E-state index >= 15 is 0 Å². The molecule has 9 heteroatoms. The Morgan fingerprint density at radius 2 is 1.83 bits per heavy atom. The third kappa shape index (κ3) is 5.90. The highest BCUT2D eigenvalue weighted by Crippen LogP contribution is 2.55. The number of aryl methyl sites for hydroxylation is 1. The second-order valence-electron chi connectivity index (χ2n) is 11.8. The minimum absolute atomic E-state index is 0.0801. The molecule has 216 valence electrons. The molecule has 1 aromatic carbocycles. The maximum Gasteiger partial charge on any atom is 0.303 e. The number of hydrogen-bond donors (Lipinski definition) is 1. The number of pyridine rings is 1. The van der Waals surface area contributed by atoms with Gasteiger partial charge < -0.3 is 19.1 Å². The maximum atomic E-state index is 11.1. The maximum absolute atomic E-state index is 11.1. The summed E-state index contributed by atoms with van der Waals surface area (Å²) in [5, 5.41) is 14.4. The number of benzene rings is 1. The quantitative estimate of drug-likeness (QED) is 0.238. The Kier molecular flexibility index (Phi) is 7.88. The number of ether oxygens (including phenoxy) is 2. The van der Waals surface area contributed by atoms with E-state index in [1.54, 1.807) is 19.5 Å². The minimum Gasteiger partial charge on any atom is -0.496 e. The summed E-state index contributed by atoms with van der Waals surface area (Å²) in [5.41, 5.74) is 4.26. The second-order valence-corrected chi connectivity index (χ2v) is 12.6. The number of rotatable bonds is 11. The lowest BCUT2D eigenvalue weighted by Gasteiger charge is -2.52. The predicted octanol–water partition coefficient (Wildman–Crippen LogP) is 8.27. The van der Waals surface area contributed by atoms with Crippen molar-refractivity contribution in [3.05, 3.63) is 69.2 Å². The average molecular weight is 598 g/mol.